The molecule has 0 N–H and O–H groups in total. The van der Waals surface area contributed by atoms with E-state index in [1.54, 1.807) is 21.5 Å². The normalized spacial score (nSPS) is 17.3. The Bertz CT molecular complexity index is 1670. The fourth-order valence-electron chi connectivity index (χ4n) is 7.17. The van der Waals surface area contributed by atoms with E-state index >= 15 is 0 Å². The zero-order valence-electron chi connectivity index (χ0n) is 24.7. The number of allylic oxidation sites excluding steroid dienone is 1. The van der Waals surface area contributed by atoms with Gasteiger partial charge in [0.15, 0.2) is 0 Å². The minimum Gasteiger partial charge on any atom is -0.0623 e. The van der Waals surface area contributed by atoms with Crippen LogP contribution in [0.4, 0.5) is 0 Å². The molecule has 2 aliphatic heterocycles. The number of rotatable bonds is 2. The Balaban J connectivity index is 1.61. The van der Waals surface area contributed by atoms with Gasteiger partial charge in [-0.25, -0.2) is 0 Å². The molecule has 0 fully saturated rings. The van der Waals surface area contributed by atoms with Crippen molar-refractivity contribution in [1.29, 1.82) is 0 Å². The number of fused-ring (bicyclic) bond motifs is 6. The average molecular weight is 524 g/mol. The van der Waals surface area contributed by atoms with E-state index in [-0.39, 0.29) is 10.8 Å². The summed E-state index contributed by atoms with van der Waals surface area (Å²) in [6, 6.07) is 28.7. The molecule has 1 heteroatoms. The van der Waals surface area contributed by atoms with Gasteiger partial charge in [0, 0.05) is 5.54 Å². The van der Waals surface area contributed by atoms with Crippen LogP contribution in [0, 0.1) is 5.92 Å². The maximum absolute atomic E-state index is 2.56. The van der Waals surface area contributed by atoms with Crippen molar-refractivity contribution in [3.05, 3.63) is 101 Å². The first-order valence-electron chi connectivity index (χ1n) is 14.6. The summed E-state index contributed by atoms with van der Waals surface area (Å²) < 4.78 is 0. The standard InChI is InChI=1S/C38H39Si/c1-22(2)31-20-23-16-17-28-30-14-11-13-29-27-12-9-10-15-32(27)39(35(29)30)36(31)34(23)33(28)24-18-25(37(3,4)5)21-26(19-24)38(6,7)8/h9-22,36H,1-8H3. The van der Waals surface area contributed by atoms with Gasteiger partial charge in [-0.1, -0.05) is 140 Å². The van der Waals surface area contributed by atoms with Gasteiger partial charge in [0.05, 0.1) is 0 Å². The van der Waals surface area contributed by atoms with Crippen LogP contribution in [-0.2, 0) is 10.8 Å². The van der Waals surface area contributed by atoms with Crippen LogP contribution in [0.3, 0.4) is 0 Å². The van der Waals surface area contributed by atoms with E-state index in [0.29, 0.717) is 11.5 Å². The van der Waals surface area contributed by atoms with E-state index in [9.17, 15) is 0 Å². The van der Waals surface area contributed by atoms with Gasteiger partial charge in [-0.3, -0.25) is 0 Å². The third-order valence-electron chi connectivity index (χ3n) is 9.26. The molecule has 0 saturated carbocycles. The molecule has 3 aliphatic rings. The van der Waals surface area contributed by atoms with Crippen LogP contribution in [-0.4, -0.2) is 8.80 Å². The molecule has 0 spiro atoms. The molecule has 1 aliphatic carbocycles. The predicted octanol–water partition coefficient (Wildman–Crippen LogP) is 8.89. The molecular weight excluding hydrogens is 485 g/mol. The van der Waals surface area contributed by atoms with Crippen LogP contribution < -0.4 is 10.4 Å². The highest BCUT2D eigenvalue weighted by molar-refractivity contribution is 6.92. The lowest BCUT2D eigenvalue weighted by Crippen LogP contribution is -2.44. The van der Waals surface area contributed by atoms with Crippen molar-refractivity contribution in [2.75, 3.05) is 0 Å². The number of hydrogen-bond donors (Lipinski definition) is 0. The van der Waals surface area contributed by atoms with E-state index in [1.165, 1.54) is 50.1 Å². The van der Waals surface area contributed by atoms with Gasteiger partial charge >= 0.3 is 0 Å². The van der Waals surface area contributed by atoms with Gasteiger partial charge in [0.2, 0.25) is 0 Å². The van der Waals surface area contributed by atoms with Crippen molar-refractivity contribution in [3.63, 3.8) is 0 Å². The van der Waals surface area contributed by atoms with Crippen LogP contribution in [0.5, 0.6) is 0 Å². The zero-order chi connectivity index (χ0) is 27.4. The molecule has 195 valence electrons. The summed E-state index contributed by atoms with van der Waals surface area (Å²) in [6.45, 7) is 18.9. The van der Waals surface area contributed by atoms with Crippen molar-refractivity contribution in [3.8, 4) is 33.4 Å². The Morgan fingerprint density at radius 2 is 1.28 bits per heavy atom. The van der Waals surface area contributed by atoms with Gasteiger partial charge in [0.1, 0.15) is 8.80 Å². The Morgan fingerprint density at radius 1 is 0.667 bits per heavy atom. The second-order valence-corrected chi connectivity index (χ2v) is 16.7. The molecule has 1 atom stereocenters. The van der Waals surface area contributed by atoms with Crippen molar-refractivity contribution in [2.45, 2.75) is 71.8 Å². The Hall–Kier alpha value is -3.16. The minimum absolute atomic E-state index is 0.0828. The quantitative estimate of drug-likeness (QED) is 0.230. The van der Waals surface area contributed by atoms with Crippen molar-refractivity contribution in [2.24, 2.45) is 5.92 Å². The fourth-order valence-corrected chi connectivity index (χ4v) is 11.2. The van der Waals surface area contributed by atoms with Gasteiger partial charge in [-0.05, 0) is 82.8 Å². The monoisotopic (exact) mass is 523 g/mol. The van der Waals surface area contributed by atoms with Crippen LogP contribution in [0.15, 0.2) is 78.4 Å². The summed E-state index contributed by atoms with van der Waals surface area (Å²) in [5, 5.41) is 3.24. The lowest BCUT2D eigenvalue weighted by Gasteiger charge is -2.28. The second-order valence-electron chi connectivity index (χ2n) is 14.2. The zero-order valence-corrected chi connectivity index (χ0v) is 25.7. The van der Waals surface area contributed by atoms with Crippen molar-refractivity contribution >= 4 is 25.2 Å². The summed E-state index contributed by atoms with van der Waals surface area (Å²) in [4.78, 5) is 0. The van der Waals surface area contributed by atoms with Crippen LogP contribution >= 0.6 is 0 Å². The molecule has 2 heterocycles. The second kappa shape index (κ2) is 8.18. The van der Waals surface area contributed by atoms with Gasteiger partial charge in [0.25, 0.3) is 0 Å². The topological polar surface area (TPSA) is 0 Å². The Kier molecular flexibility index (Phi) is 5.21. The summed E-state index contributed by atoms with van der Waals surface area (Å²) in [5.41, 5.74) is 16.9. The lowest BCUT2D eigenvalue weighted by molar-refractivity contribution is 0.569. The summed E-state index contributed by atoms with van der Waals surface area (Å²) in [7, 11) is -1.06. The molecule has 2 bridgehead atoms. The molecule has 39 heavy (non-hydrogen) atoms. The van der Waals surface area contributed by atoms with Gasteiger partial charge < -0.3 is 0 Å². The van der Waals surface area contributed by atoms with Crippen LogP contribution in [0.1, 0.15) is 83.2 Å². The van der Waals surface area contributed by atoms with Crippen LogP contribution in [0.2, 0.25) is 0 Å². The largest absolute Gasteiger partial charge is 0.135 e. The summed E-state index contributed by atoms with van der Waals surface area (Å²) in [5.74, 6) is 0.517. The first kappa shape index (κ1) is 24.8. The third-order valence-corrected chi connectivity index (χ3v) is 12.6. The molecule has 1 radical (unpaired) electrons. The highest BCUT2D eigenvalue weighted by atomic mass is 28.3. The maximum Gasteiger partial charge on any atom is 0.135 e. The highest BCUT2D eigenvalue weighted by Crippen LogP contribution is 2.53. The molecular formula is C38H39Si. The molecule has 0 aromatic heterocycles. The number of hydrogen-bond acceptors (Lipinski definition) is 0. The third kappa shape index (κ3) is 3.55. The molecule has 1 unspecified atom stereocenters. The first-order valence-corrected chi connectivity index (χ1v) is 16.2. The average Bonchev–Trinajstić information content (AvgIpc) is 3.40. The van der Waals surface area contributed by atoms with E-state index < -0.39 is 8.80 Å². The Morgan fingerprint density at radius 3 is 1.92 bits per heavy atom. The molecule has 0 nitrogen and oxygen atoms in total. The molecule has 0 amide bonds. The fraction of sp³-hybridized carbons (Fsp3) is 0.316. The SMILES string of the molecule is CC(C)C1=Cc2ccc3c(-c4cc(C(C)(C)C)cc(C(C)(C)C)c4)c2C1[Si]1c2ccccc2-c2cccc-3c21. The van der Waals surface area contributed by atoms with E-state index in [2.05, 4.69) is 134 Å². The van der Waals surface area contributed by atoms with E-state index in [4.69, 9.17) is 0 Å². The lowest BCUT2D eigenvalue weighted by atomic mass is 9.77. The molecule has 7 rings (SSSR count). The smallest absolute Gasteiger partial charge is 0.0623 e. The van der Waals surface area contributed by atoms with E-state index in [1.807, 2.05) is 0 Å². The summed E-state index contributed by atoms with van der Waals surface area (Å²) >= 11 is 0. The van der Waals surface area contributed by atoms with E-state index in [0.717, 1.165) is 0 Å². The minimum atomic E-state index is -1.06. The molecule has 0 saturated heterocycles. The van der Waals surface area contributed by atoms with Crippen molar-refractivity contribution < 1.29 is 0 Å². The summed E-state index contributed by atoms with van der Waals surface area (Å²) in [6.07, 6.45) is 2.56. The first-order chi connectivity index (χ1) is 18.4. The maximum atomic E-state index is 2.56. The molecule has 4 aromatic rings. The Labute approximate surface area is 236 Å². The predicted molar refractivity (Wildman–Crippen MR) is 171 cm³/mol. The van der Waals surface area contributed by atoms with Crippen molar-refractivity contribution in [1.82, 2.24) is 0 Å². The van der Waals surface area contributed by atoms with Crippen LogP contribution in [0.25, 0.3) is 39.5 Å². The van der Waals surface area contributed by atoms with Gasteiger partial charge in [-0.15, -0.1) is 0 Å². The number of benzene rings is 4. The van der Waals surface area contributed by atoms with Gasteiger partial charge in [-0.2, -0.15) is 0 Å². The highest BCUT2D eigenvalue weighted by Gasteiger charge is 2.46. The molecule has 4 aromatic carbocycles.